The zero-order valence-corrected chi connectivity index (χ0v) is 10.9. The molecule has 0 aliphatic rings. The largest absolute Gasteiger partial charge is 0.293 e. The van der Waals surface area contributed by atoms with Gasteiger partial charge in [0.15, 0.2) is 5.65 Å². The zero-order chi connectivity index (χ0) is 10.3. The third-order valence-electron chi connectivity index (χ3n) is 2.12. The van der Waals surface area contributed by atoms with Crippen LogP contribution < -0.4 is 0 Å². The summed E-state index contributed by atoms with van der Waals surface area (Å²) in [6, 6.07) is 3.80. The zero-order valence-electron chi connectivity index (χ0n) is 7.96. The summed E-state index contributed by atoms with van der Waals surface area (Å²) < 4.78 is 3.17. The van der Waals surface area contributed by atoms with Crippen molar-refractivity contribution < 1.29 is 0 Å². The Bertz CT molecular complexity index is 476. The molecule has 0 aromatic carbocycles. The number of hydrogen-bond acceptors (Lipinski definition) is 1. The third-order valence-corrected chi connectivity index (χ3v) is 3.48. The highest BCUT2D eigenvalue weighted by atomic mass is 127. The fraction of sp³-hybridized carbons (Fsp3) is 0.300. The predicted molar refractivity (Wildman–Crippen MR) is 67.0 cm³/mol. The van der Waals surface area contributed by atoms with Crippen molar-refractivity contribution in [3.63, 3.8) is 0 Å². The van der Waals surface area contributed by atoms with Crippen LogP contribution in [-0.2, 0) is 0 Å². The first-order chi connectivity index (χ1) is 6.61. The molecule has 0 aliphatic carbocycles. The minimum Gasteiger partial charge on any atom is -0.293 e. The molecule has 2 nitrogen and oxygen atoms in total. The predicted octanol–water partition coefficient (Wildman–Crippen LogP) is 3.72. The van der Waals surface area contributed by atoms with Gasteiger partial charge in [0.2, 0.25) is 0 Å². The Labute approximate surface area is 101 Å². The summed E-state index contributed by atoms with van der Waals surface area (Å²) in [6.07, 6.45) is 1.99. The molecule has 0 fully saturated rings. The molecule has 2 rings (SSSR count). The maximum atomic E-state index is 6.06. The van der Waals surface area contributed by atoms with Gasteiger partial charge in [-0.15, -0.1) is 0 Å². The minimum absolute atomic E-state index is 0.429. The molecule has 0 atom stereocenters. The van der Waals surface area contributed by atoms with Crippen LogP contribution in [-0.4, -0.2) is 9.38 Å². The number of hydrogen-bond donors (Lipinski definition) is 0. The summed E-state index contributed by atoms with van der Waals surface area (Å²) in [5.41, 5.74) is 1.96. The fourth-order valence-corrected chi connectivity index (χ4v) is 2.73. The Morgan fingerprint density at radius 1 is 1.50 bits per heavy atom. The van der Waals surface area contributed by atoms with E-state index in [2.05, 4.69) is 41.4 Å². The SMILES string of the molecule is CC(C)c1nc2c(Cl)cccn2c1I. The first-order valence-electron chi connectivity index (χ1n) is 4.43. The van der Waals surface area contributed by atoms with Crippen LogP contribution in [0.15, 0.2) is 18.3 Å². The van der Waals surface area contributed by atoms with Crippen molar-refractivity contribution in [3.8, 4) is 0 Å². The van der Waals surface area contributed by atoms with E-state index >= 15 is 0 Å². The molecule has 14 heavy (non-hydrogen) atoms. The molecule has 0 aliphatic heterocycles. The second-order valence-corrected chi connectivity index (χ2v) is 4.92. The van der Waals surface area contributed by atoms with Crippen LogP contribution in [0.5, 0.6) is 0 Å². The quantitative estimate of drug-likeness (QED) is 0.732. The average Bonchev–Trinajstić information content (AvgIpc) is 2.46. The molecule has 0 amide bonds. The van der Waals surface area contributed by atoms with E-state index in [0.717, 1.165) is 15.0 Å². The summed E-state index contributed by atoms with van der Waals surface area (Å²) in [7, 11) is 0. The summed E-state index contributed by atoms with van der Waals surface area (Å²) in [5, 5.41) is 0.706. The Morgan fingerprint density at radius 3 is 2.79 bits per heavy atom. The van der Waals surface area contributed by atoms with E-state index in [1.165, 1.54) is 0 Å². The average molecular weight is 321 g/mol. The van der Waals surface area contributed by atoms with Gasteiger partial charge in [0.05, 0.1) is 10.7 Å². The van der Waals surface area contributed by atoms with Crippen LogP contribution in [0.25, 0.3) is 5.65 Å². The minimum atomic E-state index is 0.429. The number of aromatic nitrogens is 2. The first-order valence-corrected chi connectivity index (χ1v) is 5.89. The van der Waals surface area contributed by atoms with Gasteiger partial charge in [-0.1, -0.05) is 25.4 Å². The Kier molecular flexibility index (Phi) is 2.70. The van der Waals surface area contributed by atoms with Gasteiger partial charge in [0, 0.05) is 6.20 Å². The summed E-state index contributed by atoms with van der Waals surface area (Å²) in [5.74, 6) is 0.429. The summed E-state index contributed by atoms with van der Waals surface area (Å²) in [4.78, 5) is 4.53. The normalized spacial score (nSPS) is 11.5. The monoisotopic (exact) mass is 320 g/mol. The molecular formula is C10H10ClIN2. The van der Waals surface area contributed by atoms with Gasteiger partial charge < -0.3 is 0 Å². The molecule has 0 unspecified atom stereocenters. The number of rotatable bonds is 1. The molecule has 4 heteroatoms. The van der Waals surface area contributed by atoms with Crippen molar-refractivity contribution in [1.29, 1.82) is 0 Å². The number of imidazole rings is 1. The highest BCUT2D eigenvalue weighted by molar-refractivity contribution is 14.1. The van der Waals surface area contributed by atoms with E-state index in [1.807, 2.05) is 22.7 Å². The molecule has 2 heterocycles. The molecule has 2 aromatic rings. The fourth-order valence-electron chi connectivity index (χ4n) is 1.39. The molecule has 0 saturated heterocycles. The molecule has 0 radical (unpaired) electrons. The van der Waals surface area contributed by atoms with Crippen LogP contribution in [0.3, 0.4) is 0 Å². The van der Waals surface area contributed by atoms with E-state index in [4.69, 9.17) is 11.6 Å². The Balaban J connectivity index is 2.80. The Hall–Kier alpha value is -0.290. The Morgan fingerprint density at radius 2 is 2.21 bits per heavy atom. The van der Waals surface area contributed by atoms with Crippen LogP contribution in [0.4, 0.5) is 0 Å². The number of halogens is 2. The maximum absolute atomic E-state index is 6.06. The first kappa shape index (κ1) is 10.2. The topological polar surface area (TPSA) is 17.3 Å². The van der Waals surface area contributed by atoms with E-state index in [9.17, 15) is 0 Å². The van der Waals surface area contributed by atoms with Crippen molar-refractivity contribution in [2.75, 3.05) is 0 Å². The molecular weight excluding hydrogens is 310 g/mol. The van der Waals surface area contributed by atoms with Gasteiger partial charge >= 0.3 is 0 Å². The molecule has 0 bridgehead atoms. The maximum Gasteiger partial charge on any atom is 0.156 e. The summed E-state index contributed by atoms with van der Waals surface area (Å²) in [6.45, 7) is 4.27. The van der Waals surface area contributed by atoms with E-state index in [0.29, 0.717) is 10.9 Å². The van der Waals surface area contributed by atoms with Crippen molar-refractivity contribution in [3.05, 3.63) is 32.7 Å². The molecule has 0 N–H and O–H groups in total. The summed E-state index contributed by atoms with van der Waals surface area (Å²) >= 11 is 8.37. The lowest BCUT2D eigenvalue weighted by molar-refractivity contribution is 0.825. The van der Waals surface area contributed by atoms with Crippen LogP contribution in [0.2, 0.25) is 5.02 Å². The van der Waals surface area contributed by atoms with E-state index < -0.39 is 0 Å². The van der Waals surface area contributed by atoms with Crippen molar-refractivity contribution in [2.24, 2.45) is 0 Å². The van der Waals surface area contributed by atoms with E-state index in [-0.39, 0.29) is 0 Å². The smallest absolute Gasteiger partial charge is 0.156 e. The van der Waals surface area contributed by atoms with Crippen LogP contribution in [0, 0.1) is 3.70 Å². The van der Waals surface area contributed by atoms with Crippen LogP contribution >= 0.6 is 34.2 Å². The van der Waals surface area contributed by atoms with E-state index in [1.54, 1.807) is 0 Å². The third kappa shape index (κ3) is 1.52. The van der Waals surface area contributed by atoms with Gasteiger partial charge in [-0.2, -0.15) is 0 Å². The second-order valence-electron chi connectivity index (χ2n) is 3.49. The molecule has 0 saturated carbocycles. The highest BCUT2D eigenvalue weighted by Gasteiger charge is 2.13. The van der Waals surface area contributed by atoms with Gasteiger partial charge in [-0.3, -0.25) is 4.40 Å². The van der Waals surface area contributed by atoms with Gasteiger partial charge in [-0.05, 0) is 40.6 Å². The van der Waals surface area contributed by atoms with Crippen molar-refractivity contribution >= 4 is 39.8 Å². The van der Waals surface area contributed by atoms with Crippen LogP contribution in [0.1, 0.15) is 25.5 Å². The van der Waals surface area contributed by atoms with Crippen molar-refractivity contribution in [1.82, 2.24) is 9.38 Å². The van der Waals surface area contributed by atoms with Gasteiger partial charge in [0.1, 0.15) is 3.70 Å². The van der Waals surface area contributed by atoms with Gasteiger partial charge in [-0.25, -0.2) is 4.98 Å². The highest BCUT2D eigenvalue weighted by Crippen LogP contribution is 2.25. The number of pyridine rings is 1. The lowest BCUT2D eigenvalue weighted by Gasteiger charge is -1.99. The van der Waals surface area contributed by atoms with Gasteiger partial charge in [0.25, 0.3) is 0 Å². The number of nitrogens with zero attached hydrogens (tertiary/aromatic N) is 2. The molecule has 74 valence electrons. The second kappa shape index (κ2) is 3.70. The molecule has 2 aromatic heterocycles. The lowest BCUT2D eigenvalue weighted by atomic mass is 10.2. The molecule has 0 spiro atoms. The van der Waals surface area contributed by atoms with Crippen molar-refractivity contribution in [2.45, 2.75) is 19.8 Å². The number of fused-ring (bicyclic) bond motifs is 1. The lowest BCUT2D eigenvalue weighted by Crippen LogP contribution is -1.91. The standard InChI is InChI=1S/C10H10ClIN2/c1-6(2)8-9(12)14-5-3-4-7(11)10(14)13-8/h3-6H,1-2H3.